The van der Waals surface area contributed by atoms with E-state index in [1.54, 1.807) is 19.3 Å². The third-order valence-corrected chi connectivity index (χ3v) is 4.98. The lowest BCUT2D eigenvalue weighted by molar-refractivity contribution is -0.142. The largest absolute Gasteiger partial charge is 0.466 e. The van der Waals surface area contributed by atoms with Crippen molar-refractivity contribution in [1.29, 1.82) is 0 Å². The van der Waals surface area contributed by atoms with Gasteiger partial charge in [0.05, 0.1) is 25.4 Å². The van der Waals surface area contributed by atoms with Crippen molar-refractivity contribution in [3.63, 3.8) is 0 Å². The summed E-state index contributed by atoms with van der Waals surface area (Å²) in [6, 6.07) is 10.5. The fourth-order valence-electron chi connectivity index (χ4n) is 3.51. The summed E-state index contributed by atoms with van der Waals surface area (Å²) >= 11 is 0. The maximum Gasteiger partial charge on any atom is 0.307 e. The Labute approximate surface area is 175 Å². The lowest BCUT2D eigenvalue weighted by Crippen LogP contribution is -2.28. The highest BCUT2D eigenvalue weighted by Gasteiger charge is 2.18. The predicted octanol–water partition coefficient (Wildman–Crippen LogP) is 2.03. The summed E-state index contributed by atoms with van der Waals surface area (Å²) in [6.45, 7) is 4.28. The Morgan fingerprint density at radius 3 is 2.40 bits per heavy atom. The quantitative estimate of drug-likeness (QED) is 0.594. The summed E-state index contributed by atoms with van der Waals surface area (Å²) in [5.41, 5.74) is 2.77. The molecule has 0 radical (unpaired) electrons. The van der Waals surface area contributed by atoms with Crippen molar-refractivity contribution in [2.75, 3.05) is 36.5 Å². The van der Waals surface area contributed by atoms with Crippen molar-refractivity contribution in [2.24, 2.45) is 0 Å². The molecule has 0 saturated carbocycles. The highest BCUT2D eigenvalue weighted by Crippen LogP contribution is 2.22. The molecule has 0 unspecified atom stereocenters. The number of carbonyl (C=O) groups excluding carboxylic acids is 1. The Hall–Kier alpha value is -3.49. The molecule has 9 heteroatoms. The summed E-state index contributed by atoms with van der Waals surface area (Å²) in [6.07, 6.45) is 5.38. The van der Waals surface area contributed by atoms with E-state index in [0.717, 1.165) is 31.7 Å². The summed E-state index contributed by atoms with van der Waals surface area (Å²) in [4.78, 5) is 24.5. The van der Waals surface area contributed by atoms with E-state index in [9.17, 15) is 4.79 Å². The summed E-state index contributed by atoms with van der Waals surface area (Å²) in [5.74, 6) is 1.57. The number of rotatable bonds is 7. The molecule has 0 spiro atoms. The van der Waals surface area contributed by atoms with E-state index in [4.69, 9.17) is 9.72 Å². The highest BCUT2D eigenvalue weighted by atomic mass is 16.5. The lowest BCUT2D eigenvalue weighted by Gasteiger charge is -2.22. The van der Waals surface area contributed by atoms with Gasteiger partial charge in [-0.2, -0.15) is 20.2 Å². The van der Waals surface area contributed by atoms with E-state index in [1.165, 1.54) is 15.9 Å². The van der Waals surface area contributed by atoms with Gasteiger partial charge in [-0.05, 0) is 30.9 Å². The summed E-state index contributed by atoms with van der Waals surface area (Å²) < 4.78 is 4.97. The van der Waals surface area contributed by atoms with Gasteiger partial charge in [0.15, 0.2) is 5.82 Å². The Kier molecular flexibility index (Phi) is 6.17. The summed E-state index contributed by atoms with van der Waals surface area (Å²) in [5, 5.41) is 11.5. The molecule has 0 amide bonds. The first-order valence-electron chi connectivity index (χ1n) is 10.2. The van der Waals surface area contributed by atoms with E-state index >= 15 is 0 Å². The number of nitrogens with one attached hydrogen (secondary N) is 1. The molecule has 156 valence electrons. The van der Waals surface area contributed by atoms with E-state index in [1.807, 2.05) is 6.07 Å². The lowest BCUT2D eigenvalue weighted by atomic mass is 10.0. The average Bonchev–Trinajstić information content (AvgIpc) is 3.21. The number of benzene rings is 1. The molecular weight excluding hydrogens is 382 g/mol. The Morgan fingerprint density at radius 2 is 1.73 bits per heavy atom. The SMILES string of the molecule is CCOC(=O)CCNc1nc(N2CCc3ccccc3CC2)cc(-n2nccn2)n1. The Morgan fingerprint density at radius 1 is 1.07 bits per heavy atom. The minimum absolute atomic E-state index is 0.246. The second kappa shape index (κ2) is 9.34. The van der Waals surface area contributed by atoms with Crippen molar-refractivity contribution >= 4 is 17.7 Å². The molecule has 1 aliphatic heterocycles. The second-order valence-electron chi connectivity index (χ2n) is 6.96. The molecule has 0 atom stereocenters. The molecule has 0 saturated heterocycles. The zero-order valence-corrected chi connectivity index (χ0v) is 17.0. The standard InChI is InChI=1S/C21H25N7O2/c1-2-30-20(29)7-10-22-21-25-18(15-19(26-21)28-23-11-12-24-28)27-13-8-16-5-3-4-6-17(16)9-14-27/h3-6,11-12,15H,2,7-10,13-14H2,1H3,(H,22,25,26). The third-order valence-electron chi connectivity index (χ3n) is 4.98. The number of carbonyl (C=O) groups is 1. The van der Waals surface area contributed by atoms with Gasteiger partial charge in [-0.1, -0.05) is 24.3 Å². The number of esters is 1. The maximum absolute atomic E-state index is 11.6. The molecule has 1 aliphatic rings. The van der Waals surface area contributed by atoms with Gasteiger partial charge in [0.2, 0.25) is 5.95 Å². The average molecular weight is 407 g/mol. The molecule has 0 bridgehead atoms. The van der Waals surface area contributed by atoms with Crippen LogP contribution in [0.2, 0.25) is 0 Å². The van der Waals surface area contributed by atoms with E-state index < -0.39 is 0 Å². The summed E-state index contributed by atoms with van der Waals surface area (Å²) in [7, 11) is 0. The van der Waals surface area contributed by atoms with Crippen LogP contribution in [0.1, 0.15) is 24.5 Å². The van der Waals surface area contributed by atoms with E-state index in [-0.39, 0.29) is 12.4 Å². The first-order valence-corrected chi connectivity index (χ1v) is 10.2. The number of fused-ring (bicyclic) bond motifs is 1. The fraction of sp³-hybridized carbons (Fsp3) is 0.381. The number of hydrogen-bond acceptors (Lipinski definition) is 8. The smallest absolute Gasteiger partial charge is 0.307 e. The van der Waals surface area contributed by atoms with Gasteiger partial charge in [0.25, 0.3) is 0 Å². The molecule has 3 aromatic rings. The predicted molar refractivity (Wildman–Crippen MR) is 113 cm³/mol. The second-order valence-corrected chi connectivity index (χ2v) is 6.96. The van der Waals surface area contributed by atoms with Crippen LogP contribution in [0.25, 0.3) is 5.82 Å². The van der Waals surface area contributed by atoms with Gasteiger partial charge in [-0.25, -0.2) is 0 Å². The van der Waals surface area contributed by atoms with Crippen LogP contribution >= 0.6 is 0 Å². The zero-order valence-electron chi connectivity index (χ0n) is 17.0. The van der Waals surface area contributed by atoms with Crippen LogP contribution in [0.15, 0.2) is 42.7 Å². The van der Waals surface area contributed by atoms with Crippen LogP contribution in [0, 0.1) is 0 Å². The molecule has 3 heterocycles. The van der Waals surface area contributed by atoms with Crippen LogP contribution in [-0.4, -0.2) is 57.2 Å². The molecule has 1 N–H and O–H groups in total. The van der Waals surface area contributed by atoms with Crippen LogP contribution in [-0.2, 0) is 22.4 Å². The molecular formula is C21H25N7O2. The fourth-order valence-corrected chi connectivity index (χ4v) is 3.51. The number of hydrogen-bond donors (Lipinski definition) is 1. The monoisotopic (exact) mass is 407 g/mol. The first-order chi connectivity index (χ1) is 14.7. The molecule has 0 aliphatic carbocycles. The van der Waals surface area contributed by atoms with Crippen molar-refractivity contribution < 1.29 is 9.53 Å². The molecule has 2 aromatic heterocycles. The minimum atomic E-state index is -0.250. The van der Waals surface area contributed by atoms with Gasteiger partial charge in [0, 0.05) is 25.7 Å². The van der Waals surface area contributed by atoms with Gasteiger partial charge in [-0.15, -0.1) is 4.80 Å². The van der Waals surface area contributed by atoms with Crippen molar-refractivity contribution in [2.45, 2.75) is 26.2 Å². The van der Waals surface area contributed by atoms with Crippen LogP contribution in [0.3, 0.4) is 0 Å². The van der Waals surface area contributed by atoms with E-state index in [0.29, 0.717) is 24.9 Å². The molecule has 0 fully saturated rings. The minimum Gasteiger partial charge on any atom is -0.466 e. The van der Waals surface area contributed by atoms with Crippen molar-refractivity contribution in [3.8, 4) is 5.82 Å². The first kappa shape index (κ1) is 19.8. The molecule has 30 heavy (non-hydrogen) atoms. The maximum atomic E-state index is 11.6. The molecule has 1 aromatic carbocycles. The topological polar surface area (TPSA) is 98.1 Å². The normalized spacial score (nSPS) is 13.4. The van der Waals surface area contributed by atoms with Gasteiger partial charge >= 0.3 is 5.97 Å². The number of nitrogens with zero attached hydrogens (tertiary/aromatic N) is 6. The van der Waals surface area contributed by atoms with Gasteiger partial charge < -0.3 is 15.0 Å². The van der Waals surface area contributed by atoms with Crippen LogP contribution in [0.4, 0.5) is 11.8 Å². The number of ether oxygens (including phenoxy) is 1. The van der Waals surface area contributed by atoms with Gasteiger partial charge in [0.1, 0.15) is 5.82 Å². The Balaban J connectivity index is 1.54. The van der Waals surface area contributed by atoms with Crippen molar-refractivity contribution in [1.82, 2.24) is 25.0 Å². The van der Waals surface area contributed by atoms with Crippen LogP contribution < -0.4 is 10.2 Å². The zero-order chi connectivity index (χ0) is 20.8. The third kappa shape index (κ3) is 4.73. The highest BCUT2D eigenvalue weighted by molar-refractivity contribution is 5.69. The number of aromatic nitrogens is 5. The number of anilines is 2. The van der Waals surface area contributed by atoms with Crippen LogP contribution in [0.5, 0.6) is 0 Å². The van der Waals surface area contributed by atoms with Gasteiger partial charge in [-0.3, -0.25) is 4.79 Å². The molecule has 4 rings (SSSR count). The Bertz CT molecular complexity index is 964. The van der Waals surface area contributed by atoms with Crippen molar-refractivity contribution in [3.05, 3.63) is 53.9 Å². The van der Waals surface area contributed by atoms with E-state index in [2.05, 4.69) is 49.7 Å². The molecule has 9 nitrogen and oxygen atoms in total.